The Labute approximate surface area is 114 Å². The predicted octanol–water partition coefficient (Wildman–Crippen LogP) is 2.76. The molecule has 1 aromatic carbocycles. The van der Waals surface area contributed by atoms with Crippen LogP contribution in [0.1, 0.15) is 16.1 Å². The number of halogens is 2. The van der Waals surface area contributed by atoms with Crippen molar-refractivity contribution in [1.29, 1.82) is 0 Å². The molecule has 2 aromatic rings. The third-order valence-electron chi connectivity index (χ3n) is 2.61. The number of esters is 1. The average Bonchev–Trinajstić information content (AvgIpc) is 2.67. The maximum absolute atomic E-state index is 12.9. The number of ether oxygens (including phenoxy) is 1. The van der Waals surface area contributed by atoms with E-state index in [0.717, 1.165) is 0 Å². The number of anilines is 1. The first kappa shape index (κ1) is 13.4. The van der Waals surface area contributed by atoms with Gasteiger partial charge in [0, 0.05) is 18.8 Å². The number of aryl methyl sites for hydroxylation is 1. The monoisotopic (exact) mass is 282 g/mol. The molecular formula is C13H12ClFN2O2. The summed E-state index contributed by atoms with van der Waals surface area (Å²) in [6.45, 7) is -0.0248. The Morgan fingerprint density at radius 2 is 2.21 bits per heavy atom. The summed E-state index contributed by atoms with van der Waals surface area (Å²) in [5.41, 5.74) is 6.94. The first-order valence-corrected chi connectivity index (χ1v) is 5.88. The highest BCUT2D eigenvalue weighted by atomic mass is 35.5. The van der Waals surface area contributed by atoms with Crippen LogP contribution in [0.2, 0.25) is 5.02 Å². The van der Waals surface area contributed by atoms with E-state index < -0.39 is 11.8 Å². The van der Waals surface area contributed by atoms with E-state index in [-0.39, 0.29) is 11.6 Å². The zero-order chi connectivity index (χ0) is 14.0. The van der Waals surface area contributed by atoms with Gasteiger partial charge in [0.25, 0.3) is 0 Å². The molecule has 0 radical (unpaired) electrons. The fraction of sp³-hybridized carbons (Fsp3) is 0.154. The predicted molar refractivity (Wildman–Crippen MR) is 70.4 cm³/mol. The van der Waals surface area contributed by atoms with Gasteiger partial charge in [-0.3, -0.25) is 0 Å². The van der Waals surface area contributed by atoms with Gasteiger partial charge in [-0.05, 0) is 18.2 Å². The zero-order valence-corrected chi connectivity index (χ0v) is 10.9. The highest BCUT2D eigenvalue weighted by molar-refractivity contribution is 6.31. The van der Waals surface area contributed by atoms with E-state index in [1.54, 1.807) is 17.8 Å². The molecule has 0 aliphatic carbocycles. The first-order valence-electron chi connectivity index (χ1n) is 5.50. The second kappa shape index (κ2) is 5.32. The molecule has 0 atom stereocenters. The Hall–Kier alpha value is -2.01. The summed E-state index contributed by atoms with van der Waals surface area (Å²) in [7, 11) is 1.69. The number of aromatic nitrogens is 1. The van der Waals surface area contributed by atoms with E-state index in [1.807, 2.05) is 0 Å². The maximum atomic E-state index is 12.9. The molecule has 2 rings (SSSR count). The fourth-order valence-corrected chi connectivity index (χ4v) is 1.87. The second-order valence-corrected chi connectivity index (χ2v) is 4.49. The fourth-order valence-electron chi connectivity index (χ4n) is 1.65. The Morgan fingerprint density at radius 1 is 1.47 bits per heavy atom. The lowest BCUT2D eigenvalue weighted by molar-refractivity contribution is 0.0461. The topological polar surface area (TPSA) is 57.2 Å². The van der Waals surface area contributed by atoms with Gasteiger partial charge in [-0.1, -0.05) is 17.7 Å². The Bertz CT molecular complexity index is 625. The summed E-state index contributed by atoms with van der Waals surface area (Å²) in [5.74, 6) is -0.949. The average molecular weight is 283 g/mol. The number of hydrogen-bond acceptors (Lipinski definition) is 3. The molecule has 0 fully saturated rings. The molecule has 0 saturated heterocycles. The number of nitrogens with zero attached hydrogens (tertiary/aromatic N) is 1. The SMILES string of the molecule is Cn1cc(N)cc1C(=O)OCc1ccc(F)cc1Cl. The van der Waals surface area contributed by atoms with Crippen molar-refractivity contribution >= 4 is 23.3 Å². The molecule has 1 aromatic heterocycles. The highest BCUT2D eigenvalue weighted by Gasteiger charge is 2.13. The van der Waals surface area contributed by atoms with Crippen molar-refractivity contribution in [2.45, 2.75) is 6.61 Å². The van der Waals surface area contributed by atoms with Gasteiger partial charge in [-0.15, -0.1) is 0 Å². The Morgan fingerprint density at radius 3 is 2.79 bits per heavy atom. The smallest absolute Gasteiger partial charge is 0.355 e. The lowest BCUT2D eigenvalue weighted by Gasteiger charge is -2.07. The number of nitrogen functional groups attached to an aromatic ring is 1. The molecule has 100 valence electrons. The highest BCUT2D eigenvalue weighted by Crippen LogP contribution is 2.19. The molecule has 1 heterocycles. The van der Waals surface area contributed by atoms with Crippen molar-refractivity contribution in [3.05, 3.63) is 52.6 Å². The van der Waals surface area contributed by atoms with Crippen LogP contribution in [0.25, 0.3) is 0 Å². The summed E-state index contributed by atoms with van der Waals surface area (Å²) < 4.78 is 19.5. The van der Waals surface area contributed by atoms with Crippen LogP contribution < -0.4 is 5.73 Å². The lowest BCUT2D eigenvalue weighted by atomic mass is 10.2. The standard InChI is InChI=1S/C13H12ClFN2O2/c1-17-6-10(16)5-12(17)13(18)19-7-8-2-3-9(15)4-11(8)14/h2-6H,7,16H2,1H3. The van der Waals surface area contributed by atoms with Crippen LogP contribution in [-0.4, -0.2) is 10.5 Å². The molecule has 2 N–H and O–H groups in total. The molecule has 19 heavy (non-hydrogen) atoms. The van der Waals surface area contributed by atoms with Crippen molar-refractivity contribution in [1.82, 2.24) is 4.57 Å². The minimum absolute atomic E-state index is 0.0248. The molecule has 0 amide bonds. The second-order valence-electron chi connectivity index (χ2n) is 4.08. The van der Waals surface area contributed by atoms with Crippen LogP contribution in [-0.2, 0) is 18.4 Å². The largest absolute Gasteiger partial charge is 0.456 e. The number of nitrogens with two attached hydrogens (primary N) is 1. The summed E-state index contributed by atoms with van der Waals surface area (Å²) in [4.78, 5) is 11.8. The number of rotatable bonds is 3. The van der Waals surface area contributed by atoms with Gasteiger partial charge in [-0.25, -0.2) is 9.18 Å². The van der Waals surface area contributed by atoms with Crippen molar-refractivity contribution < 1.29 is 13.9 Å². The quantitative estimate of drug-likeness (QED) is 0.881. The molecule has 0 bridgehead atoms. The number of carbonyl (C=O) groups is 1. The number of benzene rings is 1. The number of hydrogen-bond donors (Lipinski definition) is 1. The van der Waals surface area contributed by atoms with Gasteiger partial charge in [0.15, 0.2) is 0 Å². The van der Waals surface area contributed by atoms with Gasteiger partial charge >= 0.3 is 5.97 Å². The third-order valence-corrected chi connectivity index (χ3v) is 2.96. The maximum Gasteiger partial charge on any atom is 0.355 e. The van der Waals surface area contributed by atoms with E-state index >= 15 is 0 Å². The van der Waals surface area contributed by atoms with Crippen LogP contribution in [0, 0.1) is 5.82 Å². The molecule has 0 aliphatic heterocycles. The molecular weight excluding hydrogens is 271 g/mol. The molecule has 6 heteroatoms. The Balaban J connectivity index is 2.06. The van der Waals surface area contributed by atoms with Crippen LogP contribution in [0.5, 0.6) is 0 Å². The van der Waals surface area contributed by atoms with Crippen LogP contribution in [0.4, 0.5) is 10.1 Å². The van der Waals surface area contributed by atoms with Crippen LogP contribution >= 0.6 is 11.6 Å². The van der Waals surface area contributed by atoms with E-state index in [9.17, 15) is 9.18 Å². The molecule has 0 aliphatic rings. The van der Waals surface area contributed by atoms with Crippen molar-refractivity contribution in [3.63, 3.8) is 0 Å². The summed E-state index contributed by atoms with van der Waals surface area (Å²) in [6, 6.07) is 5.43. The summed E-state index contributed by atoms with van der Waals surface area (Å²) in [6.07, 6.45) is 1.61. The van der Waals surface area contributed by atoms with Gasteiger partial charge < -0.3 is 15.0 Å². The van der Waals surface area contributed by atoms with Crippen molar-refractivity contribution in [2.24, 2.45) is 7.05 Å². The van der Waals surface area contributed by atoms with Crippen LogP contribution in [0.15, 0.2) is 30.5 Å². The van der Waals surface area contributed by atoms with E-state index in [2.05, 4.69) is 0 Å². The molecule has 4 nitrogen and oxygen atoms in total. The molecule has 0 saturated carbocycles. The third kappa shape index (κ3) is 3.06. The van der Waals surface area contributed by atoms with Gasteiger partial charge in [0.2, 0.25) is 0 Å². The summed E-state index contributed by atoms with van der Waals surface area (Å²) >= 11 is 5.84. The lowest BCUT2D eigenvalue weighted by Crippen LogP contribution is -2.09. The minimum atomic E-state index is -0.514. The van der Waals surface area contributed by atoms with Gasteiger partial charge in [-0.2, -0.15) is 0 Å². The molecule has 0 unspecified atom stereocenters. The minimum Gasteiger partial charge on any atom is -0.456 e. The van der Waals surface area contributed by atoms with E-state index in [4.69, 9.17) is 22.1 Å². The van der Waals surface area contributed by atoms with Gasteiger partial charge in [0.05, 0.1) is 10.7 Å². The van der Waals surface area contributed by atoms with Crippen LogP contribution in [0.3, 0.4) is 0 Å². The van der Waals surface area contributed by atoms with E-state index in [1.165, 1.54) is 24.3 Å². The molecule has 0 spiro atoms. The number of carbonyl (C=O) groups excluding carboxylic acids is 1. The van der Waals surface area contributed by atoms with E-state index in [0.29, 0.717) is 16.9 Å². The van der Waals surface area contributed by atoms with Gasteiger partial charge in [0.1, 0.15) is 18.1 Å². The first-order chi connectivity index (χ1) is 8.97. The van der Waals surface area contributed by atoms with Crippen molar-refractivity contribution in [2.75, 3.05) is 5.73 Å². The normalized spacial score (nSPS) is 10.5. The zero-order valence-electron chi connectivity index (χ0n) is 10.2. The summed E-state index contributed by atoms with van der Waals surface area (Å²) in [5, 5.41) is 0.221. The van der Waals surface area contributed by atoms with Crippen molar-refractivity contribution in [3.8, 4) is 0 Å². The Kier molecular flexibility index (Phi) is 3.76.